The van der Waals surface area contributed by atoms with Gasteiger partial charge in [0.2, 0.25) is 5.91 Å². The molecule has 1 amide bonds. The number of benzene rings is 1. The highest BCUT2D eigenvalue weighted by molar-refractivity contribution is 7.13. The number of thiazole rings is 1. The lowest BCUT2D eigenvalue weighted by molar-refractivity contribution is -0.115. The molecule has 0 bridgehead atoms. The van der Waals surface area contributed by atoms with Crippen molar-refractivity contribution >= 4 is 28.9 Å². The summed E-state index contributed by atoms with van der Waals surface area (Å²) in [4.78, 5) is 27.2. The molecule has 0 aliphatic rings. The lowest BCUT2D eigenvalue weighted by atomic mass is 10.3. The Balaban J connectivity index is 2.08. The lowest BCUT2D eigenvalue weighted by Crippen LogP contribution is -2.14. The minimum Gasteiger partial charge on any atom is -0.495 e. The zero-order valence-corrected chi connectivity index (χ0v) is 12.4. The number of hydrogen-bond donors (Lipinski definition) is 2. The van der Waals surface area contributed by atoms with Gasteiger partial charge in [0.1, 0.15) is 15.6 Å². The van der Waals surface area contributed by atoms with Gasteiger partial charge in [0.25, 0.3) is 0 Å². The van der Waals surface area contributed by atoms with Crippen molar-refractivity contribution in [3.05, 3.63) is 39.8 Å². The molecule has 2 N–H and O–H groups in total. The summed E-state index contributed by atoms with van der Waals surface area (Å²) in [6.07, 6.45) is 0.0246. The zero-order chi connectivity index (χ0) is 15.4. The molecule has 0 aliphatic heterocycles. The fraction of sp³-hybridized carbons (Fsp3) is 0.214. The van der Waals surface area contributed by atoms with Crippen molar-refractivity contribution in [3.8, 4) is 5.75 Å². The highest BCUT2D eigenvalue weighted by Gasteiger charge is 2.16. The van der Waals surface area contributed by atoms with Gasteiger partial charge in [-0.3, -0.25) is 4.79 Å². The molecule has 2 aromatic rings. The Labute approximate surface area is 125 Å². The highest BCUT2D eigenvalue weighted by Crippen LogP contribution is 2.24. The number of methoxy groups -OCH3 is 1. The Bertz CT molecular complexity index is 681. The number of aromatic nitrogens is 1. The van der Waals surface area contributed by atoms with Crippen molar-refractivity contribution < 1.29 is 19.4 Å². The van der Waals surface area contributed by atoms with Crippen LogP contribution in [0, 0.1) is 6.92 Å². The van der Waals surface area contributed by atoms with Gasteiger partial charge < -0.3 is 15.2 Å². The highest BCUT2D eigenvalue weighted by atomic mass is 32.1. The van der Waals surface area contributed by atoms with Crippen molar-refractivity contribution in [1.82, 2.24) is 4.98 Å². The van der Waals surface area contributed by atoms with Gasteiger partial charge in [-0.15, -0.1) is 11.3 Å². The number of carboxylic acids is 1. The van der Waals surface area contributed by atoms with Gasteiger partial charge in [0.05, 0.1) is 24.9 Å². The van der Waals surface area contributed by atoms with E-state index in [1.54, 1.807) is 31.2 Å². The molecular formula is C14H14N2O4S. The van der Waals surface area contributed by atoms with E-state index in [9.17, 15) is 9.59 Å². The van der Waals surface area contributed by atoms with Gasteiger partial charge in [-0.05, 0) is 19.1 Å². The van der Waals surface area contributed by atoms with Crippen molar-refractivity contribution in [2.45, 2.75) is 13.3 Å². The Hall–Kier alpha value is -2.41. The summed E-state index contributed by atoms with van der Waals surface area (Å²) < 4.78 is 5.15. The summed E-state index contributed by atoms with van der Waals surface area (Å²) in [5.41, 5.74) is 0.990. The minimum atomic E-state index is -1.03. The maximum absolute atomic E-state index is 12.0. The average molecular weight is 306 g/mol. The molecule has 110 valence electrons. The number of para-hydroxylation sites is 2. The Morgan fingerprint density at radius 1 is 1.38 bits per heavy atom. The van der Waals surface area contributed by atoms with E-state index < -0.39 is 5.97 Å². The number of hydrogen-bond acceptors (Lipinski definition) is 5. The smallest absolute Gasteiger partial charge is 0.347 e. The lowest BCUT2D eigenvalue weighted by Gasteiger charge is -2.08. The van der Waals surface area contributed by atoms with E-state index in [2.05, 4.69) is 10.3 Å². The zero-order valence-electron chi connectivity index (χ0n) is 11.5. The van der Waals surface area contributed by atoms with E-state index >= 15 is 0 Å². The summed E-state index contributed by atoms with van der Waals surface area (Å²) in [5.74, 6) is -0.737. The van der Waals surface area contributed by atoms with E-state index in [4.69, 9.17) is 9.84 Å². The SMILES string of the molecule is COc1ccccc1NC(=O)Cc1nc(C)c(C(=O)O)s1. The first-order chi connectivity index (χ1) is 10.0. The van der Waals surface area contributed by atoms with Gasteiger partial charge in [-0.25, -0.2) is 9.78 Å². The third kappa shape index (κ3) is 3.57. The van der Waals surface area contributed by atoms with Crippen LogP contribution in [0.3, 0.4) is 0 Å². The van der Waals surface area contributed by atoms with Crippen LogP contribution in [0.15, 0.2) is 24.3 Å². The van der Waals surface area contributed by atoms with E-state index in [-0.39, 0.29) is 17.2 Å². The number of amides is 1. The van der Waals surface area contributed by atoms with Crippen molar-refractivity contribution in [1.29, 1.82) is 0 Å². The molecule has 0 spiro atoms. The molecule has 6 nitrogen and oxygen atoms in total. The van der Waals surface area contributed by atoms with Gasteiger partial charge in [-0.2, -0.15) is 0 Å². The molecule has 1 heterocycles. The number of carbonyl (C=O) groups excluding carboxylic acids is 1. The van der Waals surface area contributed by atoms with E-state index in [0.29, 0.717) is 22.1 Å². The summed E-state index contributed by atoms with van der Waals surface area (Å²) in [7, 11) is 1.52. The predicted molar refractivity (Wildman–Crippen MR) is 79.1 cm³/mol. The van der Waals surface area contributed by atoms with Crippen molar-refractivity contribution in [2.24, 2.45) is 0 Å². The Kier molecular flexibility index (Phi) is 4.54. The molecule has 0 saturated heterocycles. The summed E-state index contributed by atoms with van der Waals surface area (Å²) in [6.45, 7) is 1.61. The number of anilines is 1. The molecule has 21 heavy (non-hydrogen) atoms. The second-order valence-electron chi connectivity index (χ2n) is 4.25. The van der Waals surface area contributed by atoms with Crippen LogP contribution in [0.2, 0.25) is 0 Å². The molecule has 1 aromatic carbocycles. The van der Waals surface area contributed by atoms with Crippen LogP contribution in [-0.2, 0) is 11.2 Å². The average Bonchev–Trinajstić information content (AvgIpc) is 2.80. The number of ether oxygens (including phenoxy) is 1. The number of aryl methyl sites for hydroxylation is 1. The molecule has 0 atom stereocenters. The minimum absolute atomic E-state index is 0.0246. The van der Waals surface area contributed by atoms with Crippen molar-refractivity contribution in [3.63, 3.8) is 0 Å². The van der Waals surface area contributed by atoms with Crippen LogP contribution in [0.5, 0.6) is 5.75 Å². The summed E-state index contributed by atoms with van der Waals surface area (Å²) in [5, 5.41) is 12.2. The van der Waals surface area contributed by atoms with Crippen LogP contribution in [0.1, 0.15) is 20.4 Å². The van der Waals surface area contributed by atoms with Crippen LogP contribution >= 0.6 is 11.3 Å². The predicted octanol–water partition coefficient (Wildman–Crippen LogP) is 2.34. The summed E-state index contributed by atoms with van der Waals surface area (Å²) in [6, 6.07) is 7.06. The quantitative estimate of drug-likeness (QED) is 0.885. The molecule has 1 aromatic heterocycles. The van der Waals surface area contributed by atoms with Gasteiger partial charge >= 0.3 is 5.97 Å². The normalized spacial score (nSPS) is 10.2. The number of carboxylic acid groups (broad SMARTS) is 1. The van der Waals surface area contributed by atoms with Crippen LogP contribution < -0.4 is 10.1 Å². The van der Waals surface area contributed by atoms with Crippen molar-refractivity contribution in [2.75, 3.05) is 12.4 Å². The van der Waals surface area contributed by atoms with Crippen LogP contribution in [0.25, 0.3) is 0 Å². The molecule has 0 saturated carbocycles. The third-order valence-corrected chi connectivity index (χ3v) is 3.87. The van der Waals surface area contributed by atoms with Gasteiger partial charge in [-0.1, -0.05) is 12.1 Å². The molecule has 0 aliphatic carbocycles. The number of aromatic carboxylic acids is 1. The fourth-order valence-corrected chi connectivity index (χ4v) is 2.71. The van der Waals surface area contributed by atoms with Crippen LogP contribution in [-0.4, -0.2) is 29.1 Å². The number of rotatable bonds is 5. The standard InChI is InChI=1S/C14H14N2O4S/c1-8-13(14(18)19)21-12(15-8)7-11(17)16-9-5-3-4-6-10(9)20-2/h3-6H,7H2,1-2H3,(H,16,17)(H,18,19). The topological polar surface area (TPSA) is 88.5 Å². The molecule has 0 unspecified atom stereocenters. The first-order valence-corrected chi connectivity index (χ1v) is 6.95. The second kappa shape index (κ2) is 6.36. The first-order valence-electron chi connectivity index (χ1n) is 6.13. The first kappa shape index (κ1) is 15.0. The van der Waals surface area contributed by atoms with Gasteiger partial charge in [0.15, 0.2) is 0 Å². The second-order valence-corrected chi connectivity index (χ2v) is 5.34. The molecule has 0 radical (unpaired) electrons. The maximum Gasteiger partial charge on any atom is 0.347 e. The maximum atomic E-state index is 12.0. The third-order valence-electron chi connectivity index (χ3n) is 2.73. The monoisotopic (exact) mass is 306 g/mol. The number of nitrogens with one attached hydrogen (secondary N) is 1. The Morgan fingerprint density at radius 2 is 2.10 bits per heavy atom. The molecule has 0 fully saturated rings. The van der Waals surface area contributed by atoms with Gasteiger partial charge in [0, 0.05) is 0 Å². The number of nitrogens with zero attached hydrogens (tertiary/aromatic N) is 1. The van der Waals surface area contributed by atoms with E-state index in [0.717, 1.165) is 11.3 Å². The molecular weight excluding hydrogens is 292 g/mol. The van der Waals surface area contributed by atoms with E-state index in [1.165, 1.54) is 7.11 Å². The molecule has 7 heteroatoms. The largest absolute Gasteiger partial charge is 0.495 e. The Morgan fingerprint density at radius 3 is 2.71 bits per heavy atom. The fourth-order valence-electron chi connectivity index (χ4n) is 1.81. The van der Waals surface area contributed by atoms with E-state index in [1.807, 2.05) is 0 Å². The van der Waals surface area contributed by atoms with Crippen LogP contribution in [0.4, 0.5) is 5.69 Å². The number of carbonyl (C=O) groups is 2. The molecule has 2 rings (SSSR count). The summed E-state index contributed by atoms with van der Waals surface area (Å²) >= 11 is 1.01.